The summed E-state index contributed by atoms with van der Waals surface area (Å²) < 4.78 is 0. The fourth-order valence-electron chi connectivity index (χ4n) is 1.88. The van der Waals surface area contributed by atoms with E-state index in [1.54, 1.807) is 24.4 Å². The van der Waals surface area contributed by atoms with Crippen LogP contribution >= 0.6 is 0 Å². The molecule has 0 radical (unpaired) electrons. The zero-order chi connectivity index (χ0) is 15.5. The third-order valence-electron chi connectivity index (χ3n) is 3.03. The van der Waals surface area contributed by atoms with Crippen molar-refractivity contribution in [3.8, 4) is 0 Å². The van der Waals surface area contributed by atoms with Crippen LogP contribution in [0.5, 0.6) is 0 Å². The van der Waals surface area contributed by atoms with E-state index in [-0.39, 0.29) is 12.5 Å². The predicted molar refractivity (Wildman–Crippen MR) is 78.2 cm³/mol. The molecule has 1 aromatic rings. The number of rotatable bonds is 10. The van der Waals surface area contributed by atoms with Crippen molar-refractivity contribution < 1.29 is 14.8 Å². The number of nitrogens with one attached hydrogen (secondary N) is 2. The number of carbonyl (C=O) groups is 2. The Morgan fingerprint density at radius 3 is 2.90 bits per heavy atom. The third-order valence-corrected chi connectivity index (χ3v) is 3.03. The summed E-state index contributed by atoms with van der Waals surface area (Å²) in [5, 5.41) is 9.77. The largest absolute Gasteiger partial charge is 0.286 e. The van der Waals surface area contributed by atoms with Gasteiger partial charge in [0.15, 0.2) is 0 Å². The van der Waals surface area contributed by atoms with Crippen LogP contribution in [0.25, 0.3) is 0 Å². The van der Waals surface area contributed by atoms with Gasteiger partial charge in [-0.25, -0.2) is 10.0 Å². The summed E-state index contributed by atoms with van der Waals surface area (Å²) in [4.78, 5) is 26.6. The van der Waals surface area contributed by atoms with Crippen LogP contribution in [0.2, 0.25) is 0 Å². The van der Waals surface area contributed by atoms with Crippen LogP contribution in [0.3, 0.4) is 0 Å². The van der Waals surface area contributed by atoms with Gasteiger partial charge in [0.05, 0.1) is 12.5 Å². The van der Waals surface area contributed by atoms with Crippen LogP contribution in [0.15, 0.2) is 24.4 Å². The van der Waals surface area contributed by atoms with E-state index in [1.807, 2.05) is 0 Å². The van der Waals surface area contributed by atoms with Crippen LogP contribution in [0, 0.1) is 5.92 Å². The number of anilines is 1. The second-order valence-corrected chi connectivity index (χ2v) is 4.75. The van der Waals surface area contributed by atoms with Crippen molar-refractivity contribution in [2.75, 3.05) is 12.0 Å². The van der Waals surface area contributed by atoms with E-state index in [4.69, 9.17) is 0 Å². The lowest BCUT2D eigenvalue weighted by Gasteiger charge is -2.19. The summed E-state index contributed by atoms with van der Waals surface area (Å²) in [5.74, 6) is -0.227. The summed E-state index contributed by atoms with van der Waals surface area (Å²) in [7, 11) is 0. The van der Waals surface area contributed by atoms with Gasteiger partial charge in [-0.3, -0.25) is 25.6 Å². The number of hydrogen-bond acceptors (Lipinski definition) is 5. The minimum atomic E-state index is -0.469. The molecule has 0 aromatic carbocycles. The number of pyridine rings is 1. The SMILES string of the molecule is CCCCCC(CN(O)C=O)C(=O)NNc1ccccn1. The van der Waals surface area contributed by atoms with Crippen LogP contribution in [0.4, 0.5) is 5.82 Å². The Balaban J connectivity index is 2.50. The zero-order valence-corrected chi connectivity index (χ0v) is 12.2. The maximum Gasteiger partial charge on any atom is 0.243 e. The average molecular weight is 294 g/mol. The molecule has 1 unspecified atom stereocenters. The maximum absolute atomic E-state index is 12.1. The fourth-order valence-corrected chi connectivity index (χ4v) is 1.88. The van der Waals surface area contributed by atoms with Crippen molar-refractivity contribution in [3.05, 3.63) is 24.4 Å². The summed E-state index contributed by atoms with van der Waals surface area (Å²) >= 11 is 0. The lowest BCUT2D eigenvalue weighted by Crippen LogP contribution is -2.40. The molecule has 0 fully saturated rings. The smallest absolute Gasteiger partial charge is 0.243 e. The van der Waals surface area contributed by atoms with Gasteiger partial charge in [0.2, 0.25) is 12.3 Å². The van der Waals surface area contributed by atoms with Gasteiger partial charge in [-0.2, -0.15) is 0 Å². The number of unbranched alkanes of at least 4 members (excludes halogenated alkanes) is 2. The molecule has 0 aliphatic heterocycles. The lowest BCUT2D eigenvalue weighted by atomic mass is 10.0. The first kappa shape index (κ1) is 16.9. The zero-order valence-electron chi connectivity index (χ0n) is 12.2. The first-order valence-corrected chi connectivity index (χ1v) is 7.05. The first-order chi connectivity index (χ1) is 10.2. The van der Waals surface area contributed by atoms with Crippen LogP contribution in [-0.4, -0.2) is 34.1 Å². The highest BCUT2D eigenvalue weighted by molar-refractivity contribution is 5.80. The molecule has 3 N–H and O–H groups in total. The molecule has 0 saturated carbocycles. The molecule has 0 saturated heterocycles. The molecule has 21 heavy (non-hydrogen) atoms. The highest BCUT2D eigenvalue weighted by Crippen LogP contribution is 2.11. The molecule has 0 aliphatic carbocycles. The maximum atomic E-state index is 12.1. The molecular formula is C14H22N4O3. The Morgan fingerprint density at radius 2 is 2.29 bits per heavy atom. The number of hydrogen-bond donors (Lipinski definition) is 3. The number of hydrazine groups is 1. The number of hydroxylamine groups is 2. The summed E-state index contributed by atoms with van der Waals surface area (Å²) in [6, 6.07) is 5.28. The molecule has 1 aromatic heterocycles. The average Bonchev–Trinajstić information content (AvgIpc) is 2.52. The molecule has 1 rings (SSSR count). The van der Waals surface area contributed by atoms with Crippen molar-refractivity contribution in [3.63, 3.8) is 0 Å². The summed E-state index contributed by atoms with van der Waals surface area (Å²) in [6.07, 6.45) is 5.42. The quantitative estimate of drug-likeness (QED) is 0.263. The highest BCUT2D eigenvalue weighted by Gasteiger charge is 2.20. The van der Waals surface area contributed by atoms with Crippen LogP contribution < -0.4 is 10.9 Å². The van der Waals surface area contributed by atoms with E-state index in [0.29, 0.717) is 23.7 Å². The predicted octanol–water partition coefficient (Wildman–Crippen LogP) is 1.57. The molecule has 116 valence electrons. The van der Waals surface area contributed by atoms with E-state index in [9.17, 15) is 14.8 Å². The van der Waals surface area contributed by atoms with Gasteiger partial charge in [0, 0.05) is 6.20 Å². The number of amides is 2. The number of carbonyl (C=O) groups excluding carboxylic acids is 2. The molecule has 7 nitrogen and oxygen atoms in total. The minimum Gasteiger partial charge on any atom is -0.286 e. The molecule has 0 spiro atoms. The Hall–Kier alpha value is -2.15. The second-order valence-electron chi connectivity index (χ2n) is 4.75. The van der Waals surface area contributed by atoms with E-state index in [0.717, 1.165) is 19.3 Å². The second kappa shape index (κ2) is 9.71. The van der Waals surface area contributed by atoms with Gasteiger partial charge < -0.3 is 0 Å². The molecule has 0 aliphatic rings. The van der Waals surface area contributed by atoms with E-state index < -0.39 is 5.92 Å². The van der Waals surface area contributed by atoms with Crippen molar-refractivity contribution in [1.82, 2.24) is 15.5 Å². The lowest BCUT2D eigenvalue weighted by molar-refractivity contribution is -0.154. The van der Waals surface area contributed by atoms with Gasteiger partial charge in [0.25, 0.3) is 0 Å². The molecule has 1 heterocycles. The van der Waals surface area contributed by atoms with Gasteiger partial charge in [-0.05, 0) is 18.6 Å². The van der Waals surface area contributed by atoms with E-state index in [1.165, 1.54) is 0 Å². The Kier molecular flexibility index (Phi) is 7.81. The van der Waals surface area contributed by atoms with Crippen LogP contribution in [-0.2, 0) is 9.59 Å². The van der Waals surface area contributed by atoms with Gasteiger partial charge >= 0.3 is 0 Å². The Morgan fingerprint density at radius 1 is 1.48 bits per heavy atom. The first-order valence-electron chi connectivity index (χ1n) is 7.05. The van der Waals surface area contributed by atoms with Gasteiger partial charge in [-0.1, -0.05) is 32.3 Å². The molecule has 7 heteroatoms. The summed E-state index contributed by atoms with van der Waals surface area (Å²) in [5.41, 5.74) is 5.26. The van der Waals surface area contributed by atoms with Crippen LogP contribution in [0.1, 0.15) is 32.6 Å². The van der Waals surface area contributed by atoms with Crippen molar-refractivity contribution in [2.24, 2.45) is 5.92 Å². The Labute approximate surface area is 124 Å². The van der Waals surface area contributed by atoms with Crippen molar-refractivity contribution in [2.45, 2.75) is 32.6 Å². The van der Waals surface area contributed by atoms with E-state index >= 15 is 0 Å². The topological polar surface area (TPSA) is 94.6 Å². The Bertz CT molecular complexity index is 427. The third kappa shape index (κ3) is 6.71. The normalized spacial score (nSPS) is 11.5. The molecule has 2 amide bonds. The fraction of sp³-hybridized carbons (Fsp3) is 0.500. The van der Waals surface area contributed by atoms with Crippen molar-refractivity contribution in [1.29, 1.82) is 0 Å². The molecule has 1 atom stereocenters. The number of aromatic nitrogens is 1. The number of nitrogens with zero attached hydrogens (tertiary/aromatic N) is 2. The monoisotopic (exact) mass is 294 g/mol. The van der Waals surface area contributed by atoms with E-state index in [2.05, 4.69) is 22.8 Å². The molecule has 0 bridgehead atoms. The minimum absolute atomic E-state index is 0.0249. The molecular weight excluding hydrogens is 272 g/mol. The standard InChI is InChI=1S/C14H22N4O3/c1-2-3-4-7-12(10-18(21)11-19)14(20)17-16-13-8-5-6-9-15-13/h5-6,8-9,11-12,21H,2-4,7,10H2,1H3,(H,15,16)(H,17,20). The summed E-state index contributed by atoms with van der Waals surface area (Å²) in [6.45, 7) is 2.05. The van der Waals surface area contributed by atoms with Crippen molar-refractivity contribution >= 4 is 18.1 Å². The van der Waals surface area contributed by atoms with Gasteiger partial charge in [-0.15, -0.1) is 0 Å². The van der Waals surface area contributed by atoms with Gasteiger partial charge in [0.1, 0.15) is 5.82 Å². The highest BCUT2D eigenvalue weighted by atomic mass is 16.5.